The van der Waals surface area contributed by atoms with E-state index in [1.54, 1.807) is 38.3 Å². The Kier molecular flexibility index (Phi) is 5.68. The summed E-state index contributed by atoms with van der Waals surface area (Å²) in [6, 6.07) is 13.4. The number of thiophene rings is 1. The number of methoxy groups -OCH3 is 1. The van der Waals surface area contributed by atoms with Crippen LogP contribution >= 0.6 is 11.3 Å². The molecule has 10 heteroatoms. The molecule has 1 N–H and O–H groups in total. The van der Waals surface area contributed by atoms with Crippen LogP contribution in [0.15, 0.2) is 63.4 Å². The molecule has 1 saturated heterocycles. The highest BCUT2D eigenvalue weighted by Gasteiger charge is 2.50. The highest BCUT2D eigenvalue weighted by molar-refractivity contribution is 7.10. The zero-order valence-corrected chi connectivity index (χ0v) is 20.3. The van der Waals surface area contributed by atoms with E-state index in [1.807, 2.05) is 36.6 Å². The fraction of sp³-hybridized carbons (Fsp3) is 0.280. The first-order chi connectivity index (χ1) is 16.8. The van der Waals surface area contributed by atoms with E-state index in [9.17, 15) is 14.4 Å². The Balaban J connectivity index is 1.39. The fourth-order valence-corrected chi connectivity index (χ4v) is 5.16. The van der Waals surface area contributed by atoms with Gasteiger partial charge in [0.05, 0.1) is 13.2 Å². The van der Waals surface area contributed by atoms with E-state index < -0.39 is 29.9 Å². The minimum absolute atomic E-state index is 0.336. The van der Waals surface area contributed by atoms with Crippen LogP contribution in [0.25, 0.3) is 0 Å². The summed E-state index contributed by atoms with van der Waals surface area (Å²) in [7, 11) is 1.55. The molecule has 0 radical (unpaired) electrons. The van der Waals surface area contributed by atoms with Crippen LogP contribution in [0, 0.1) is 6.92 Å². The zero-order valence-electron chi connectivity index (χ0n) is 19.5. The van der Waals surface area contributed by atoms with Gasteiger partial charge in [0, 0.05) is 11.3 Å². The molecule has 2 aromatic heterocycles. The molecule has 2 atom stereocenters. The largest absolute Gasteiger partial charge is 0.497 e. The minimum Gasteiger partial charge on any atom is -0.497 e. The Bertz CT molecular complexity index is 1310. The first-order valence-electron chi connectivity index (χ1n) is 11.1. The predicted octanol–water partition coefficient (Wildman–Crippen LogP) is 3.80. The van der Waals surface area contributed by atoms with E-state index in [-0.39, 0.29) is 6.04 Å². The number of furan rings is 1. The van der Waals surface area contributed by atoms with Crippen LogP contribution in [0.1, 0.15) is 41.3 Å². The second-order valence-corrected chi connectivity index (χ2v) is 9.58. The maximum absolute atomic E-state index is 13.4. The third kappa shape index (κ3) is 3.99. The van der Waals surface area contributed by atoms with Crippen molar-refractivity contribution >= 4 is 34.9 Å². The summed E-state index contributed by atoms with van der Waals surface area (Å²) in [5, 5.41) is 10.6. The lowest BCUT2D eigenvalue weighted by Gasteiger charge is -2.24. The summed E-state index contributed by atoms with van der Waals surface area (Å²) in [6.45, 7) is 3.04. The van der Waals surface area contributed by atoms with Crippen LogP contribution in [-0.4, -0.2) is 47.1 Å². The number of hydrazone groups is 1. The number of nitrogens with one attached hydrogen (secondary N) is 1. The van der Waals surface area contributed by atoms with Gasteiger partial charge in [0.1, 0.15) is 35.1 Å². The third-order valence-corrected chi connectivity index (χ3v) is 7.27. The summed E-state index contributed by atoms with van der Waals surface area (Å²) < 4.78 is 10.9. The molecule has 0 spiro atoms. The molecule has 0 bridgehead atoms. The summed E-state index contributed by atoms with van der Waals surface area (Å²) in [5.74, 6) is 1.02. The van der Waals surface area contributed by atoms with E-state index in [0.29, 0.717) is 29.2 Å². The van der Waals surface area contributed by atoms with Gasteiger partial charge in [-0.15, -0.1) is 11.3 Å². The van der Waals surface area contributed by atoms with E-state index in [4.69, 9.17) is 9.15 Å². The standard InChI is InChI=1S/C25H24N4O5S/c1-15-6-11-20(34-15)18-13-19(21-5-4-12-35-21)29(27-18)22(30)14-28-23(31)25(2,26-24(28)32)16-7-9-17(33-3)10-8-16/h4-12,19H,13-14H2,1-3H3,(H,26,32)/t19-,25+/m1/s1. The Morgan fingerprint density at radius 2 is 2.00 bits per heavy atom. The Hall–Kier alpha value is -3.92. The lowest BCUT2D eigenvalue weighted by molar-refractivity contribution is -0.139. The smallest absolute Gasteiger partial charge is 0.325 e. The van der Waals surface area contributed by atoms with Gasteiger partial charge in [-0.3, -0.25) is 14.5 Å². The number of nitrogens with zero attached hydrogens (tertiary/aromatic N) is 3. The van der Waals surface area contributed by atoms with Crippen LogP contribution in [0.3, 0.4) is 0 Å². The van der Waals surface area contributed by atoms with Crippen LogP contribution in [0.4, 0.5) is 4.79 Å². The molecule has 9 nitrogen and oxygen atoms in total. The van der Waals surface area contributed by atoms with Gasteiger partial charge in [0.2, 0.25) is 0 Å². The summed E-state index contributed by atoms with van der Waals surface area (Å²) in [4.78, 5) is 41.4. The number of ether oxygens (including phenoxy) is 1. The molecule has 2 aliphatic rings. The van der Waals surface area contributed by atoms with E-state index in [1.165, 1.54) is 16.3 Å². The molecule has 3 aromatic rings. The molecule has 1 fully saturated rings. The third-order valence-electron chi connectivity index (χ3n) is 6.30. The highest BCUT2D eigenvalue weighted by atomic mass is 32.1. The average Bonchev–Trinajstić information content (AvgIpc) is 3.64. The average molecular weight is 493 g/mol. The molecule has 2 aliphatic heterocycles. The molecular weight excluding hydrogens is 468 g/mol. The maximum atomic E-state index is 13.4. The van der Waals surface area contributed by atoms with Crippen molar-refractivity contribution in [2.24, 2.45) is 5.10 Å². The van der Waals surface area contributed by atoms with E-state index >= 15 is 0 Å². The SMILES string of the molecule is COc1ccc([C@]2(C)NC(=O)N(CC(=O)N3N=C(c4ccc(C)o4)C[C@@H]3c3cccs3)C2=O)cc1. The maximum Gasteiger partial charge on any atom is 0.325 e. The fourth-order valence-electron chi connectivity index (χ4n) is 4.35. The van der Waals surface area contributed by atoms with Gasteiger partial charge in [-0.2, -0.15) is 5.10 Å². The van der Waals surface area contributed by atoms with Gasteiger partial charge in [0.15, 0.2) is 0 Å². The second-order valence-electron chi connectivity index (χ2n) is 8.61. The van der Waals surface area contributed by atoms with Crippen LogP contribution in [0.2, 0.25) is 0 Å². The number of amides is 4. The van der Waals surface area contributed by atoms with Crippen molar-refractivity contribution in [2.45, 2.75) is 31.8 Å². The van der Waals surface area contributed by atoms with E-state index in [0.717, 1.165) is 15.5 Å². The molecule has 0 unspecified atom stereocenters. The molecule has 0 aliphatic carbocycles. The molecule has 4 amide bonds. The molecule has 180 valence electrons. The first kappa shape index (κ1) is 22.9. The Morgan fingerprint density at radius 1 is 1.23 bits per heavy atom. The number of hydrogen-bond donors (Lipinski definition) is 1. The van der Waals surface area contributed by atoms with Crippen molar-refractivity contribution in [1.82, 2.24) is 15.2 Å². The lowest BCUT2D eigenvalue weighted by Crippen LogP contribution is -2.43. The van der Waals surface area contributed by atoms with Crippen molar-refractivity contribution < 1.29 is 23.5 Å². The molecule has 0 saturated carbocycles. The van der Waals surface area contributed by atoms with Crippen molar-refractivity contribution in [2.75, 3.05) is 13.7 Å². The number of carbonyl (C=O) groups excluding carboxylic acids is 3. The molecule has 1 aromatic carbocycles. The van der Waals surface area contributed by atoms with Crippen LogP contribution < -0.4 is 10.1 Å². The molecule has 4 heterocycles. The summed E-state index contributed by atoms with van der Waals surface area (Å²) in [6.07, 6.45) is 0.475. The number of carbonyl (C=O) groups is 3. The minimum atomic E-state index is -1.29. The monoisotopic (exact) mass is 492 g/mol. The van der Waals surface area contributed by atoms with Gasteiger partial charge in [-0.05, 0) is 55.1 Å². The Morgan fingerprint density at radius 3 is 2.63 bits per heavy atom. The molecular formula is C25H24N4O5S. The number of rotatable bonds is 6. The highest BCUT2D eigenvalue weighted by Crippen LogP contribution is 2.36. The number of imide groups is 1. The number of benzene rings is 1. The predicted molar refractivity (Wildman–Crippen MR) is 129 cm³/mol. The quantitative estimate of drug-likeness (QED) is 0.527. The summed E-state index contributed by atoms with van der Waals surface area (Å²) >= 11 is 1.52. The van der Waals surface area contributed by atoms with Gasteiger partial charge < -0.3 is 14.5 Å². The topological polar surface area (TPSA) is 104 Å². The van der Waals surface area contributed by atoms with E-state index in [2.05, 4.69) is 10.4 Å². The van der Waals surface area contributed by atoms with Crippen molar-refractivity contribution in [3.63, 3.8) is 0 Å². The van der Waals surface area contributed by atoms with Gasteiger partial charge in [0.25, 0.3) is 11.8 Å². The normalized spacial score (nSPS) is 21.9. The second kappa shape index (κ2) is 8.70. The number of urea groups is 1. The van der Waals surface area contributed by atoms with Crippen molar-refractivity contribution in [1.29, 1.82) is 0 Å². The first-order valence-corrected chi connectivity index (χ1v) is 12.0. The van der Waals surface area contributed by atoms with Gasteiger partial charge >= 0.3 is 6.03 Å². The number of aryl methyl sites for hydroxylation is 1. The van der Waals surface area contributed by atoms with Crippen molar-refractivity contribution in [3.05, 3.63) is 75.9 Å². The van der Waals surface area contributed by atoms with Gasteiger partial charge in [-0.1, -0.05) is 18.2 Å². The summed E-state index contributed by atoms with van der Waals surface area (Å²) in [5.41, 5.74) is -0.0510. The van der Waals surface area contributed by atoms with Gasteiger partial charge in [-0.25, -0.2) is 9.80 Å². The lowest BCUT2D eigenvalue weighted by atomic mass is 9.92. The van der Waals surface area contributed by atoms with Crippen LogP contribution in [-0.2, 0) is 15.1 Å². The van der Waals surface area contributed by atoms with Crippen molar-refractivity contribution in [3.8, 4) is 5.75 Å². The molecule has 35 heavy (non-hydrogen) atoms. The zero-order chi connectivity index (χ0) is 24.7. The Labute approximate surface area is 206 Å². The molecule has 5 rings (SSSR count). The van der Waals surface area contributed by atoms with Crippen LogP contribution in [0.5, 0.6) is 5.75 Å². The number of hydrogen-bond acceptors (Lipinski definition) is 7.